The van der Waals surface area contributed by atoms with Gasteiger partial charge in [0.1, 0.15) is 17.5 Å². The van der Waals surface area contributed by atoms with Crippen molar-refractivity contribution in [3.8, 4) is 6.07 Å². The van der Waals surface area contributed by atoms with Gasteiger partial charge in [-0.25, -0.2) is 4.98 Å². The van der Waals surface area contributed by atoms with Crippen LogP contribution in [0.1, 0.15) is 22.3 Å². The molecule has 0 unspecified atom stereocenters. The predicted molar refractivity (Wildman–Crippen MR) is 120 cm³/mol. The molecule has 0 aliphatic rings. The number of nitriles is 1. The van der Waals surface area contributed by atoms with Gasteiger partial charge in [0.2, 0.25) is 0 Å². The summed E-state index contributed by atoms with van der Waals surface area (Å²) in [5.41, 5.74) is 1.99. The molecule has 0 radical (unpaired) electrons. The number of fused-ring (bicyclic) bond motifs is 3. The van der Waals surface area contributed by atoms with Gasteiger partial charge in [-0.3, -0.25) is 4.40 Å². The Morgan fingerprint density at radius 3 is 2.61 bits per heavy atom. The Morgan fingerprint density at radius 2 is 1.94 bits per heavy atom. The molecule has 31 heavy (non-hydrogen) atoms. The summed E-state index contributed by atoms with van der Waals surface area (Å²) in [6, 6.07) is 13.6. The van der Waals surface area contributed by atoms with E-state index in [9.17, 15) is 18.4 Å². The molecule has 0 saturated heterocycles. The van der Waals surface area contributed by atoms with Crippen LogP contribution in [0, 0.1) is 18.3 Å². The minimum absolute atomic E-state index is 0.187. The van der Waals surface area contributed by atoms with E-state index in [4.69, 9.17) is 0 Å². The second-order valence-corrected chi connectivity index (χ2v) is 7.55. The molecular weight excluding hydrogens is 493 g/mol. The number of nitrogens with zero attached hydrogens (tertiary/aromatic N) is 3. The van der Waals surface area contributed by atoms with Crippen LogP contribution in [0.5, 0.6) is 0 Å². The van der Waals surface area contributed by atoms with Gasteiger partial charge in [0.15, 0.2) is 0 Å². The topological polar surface area (TPSA) is 53.1 Å². The van der Waals surface area contributed by atoms with Crippen LogP contribution in [0.4, 0.5) is 19.0 Å². The van der Waals surface area contributed by atoms with E-state index in [0.717, 1.165) is 21.4 Å². The first-order valence-electron chi connectivity index (χ1n) is 9.07. The van der Waals surface area contributed by atoms with Crippen molar-refractivity contribution in [3.05, 3.63) is 75.4 Å². The first-order chi connectivity index (χ1) is 14.8. The van der Waals surface area contributed by atoms with Gasteiger partial charge in [-0.05, 0) is 42.3 Å². The highest BCUT2D eigenvalue weighted by Gasteiger charge is 2.32. The lowest BCUT2D eigenvalue weighted by molar-refractivity contribution is -0.138. The summed E-state index contributed by atoms with van der Waals surface area (Å²) >= 11 is 8.09. The molecule has 0 aliphatic heterocycles. The molecule has 0 saturated carbocycles. The number of benzene rings is 2. The zero-order chi connectivity index (χ0) is 22.8. The highest BCUT2D eigenvalue weighted by molar-refractivity contribution is 9.10. The summed E-state index contributed by atoms with van der Waals surface area (Å²) < 4.78 is 42.2. The van der Waals surface area contributed by atoms with Crippen molar-refractivity contribution >= 4 is 49.9 Å². The van der Waals surface area contributed by atoms with Gasteiger partial charge in [0.25, 0.3) is 0 Å². The lowest BCUT2D eigenvalue weighted by Crippen LogP contribution is -2.11. The molecule has 4 rings (SSSR count). The fourth-order valence-electron chi connectivity index (χ4n) is 3.37. The first-order valence-corrected chi connectivity index (χ1v) is 10.6. The van der Waals surface area contributed by atoms with E-state index in [0.29, 0.717) is 22.6 Å². The molecule has 0 bridgehead atoms. The molecule has 9 heteroatoms. The van der Waals surface area contributed by atoms with Crippen LogP contribution in [-0.2, 0) is 12.7 Å². The van der Waals surface area contributed by atoms with Crippen molar-refractivity contribution in [1.82, 2.24) is 9.38 Å². The van der Waals surface area contributed by atoms with E-state index in [2.05, 4.69) is 43.9 Å². The summed E-state index contributed by atoms with van der Waals surface area (Å²) in [5, 5.41) is 13.2. The lowest BCUT2D eigenvalue weighted by Gasteiger charge is -2.16. The largest absolute Gasteiger partial charge is 0.416 e. The van der Waals surface area contributed by atoms with Crippen LogP contribution in [0.3, 0.4) is 0 Å². The second kappa shape index (κ2) is 9.16. The summed E-state index contributed by atoms with van der Waals surface area (Å²) in [6.07, 6.45) is -1.21. The highest BCUT2D eigenvalue weighted by atomic mass is 79.9. The number of hydrogen-bond donors (Lipinski definition) is 1. The molecule has 160 valence electrons. The van der Waals surface area contributed by atoms with E-state index in [1.54, 1.807) is 18.3 Å². The molecule has 2 aromatic carbocycles. The molecule has 0 aliphatic carbocycles. The summed E-state index contributed by atoms with van der Waals surface area (Å²) in [5.74, 6) is 0.535. The number of halogens is 5. The number of hydrogen-bond acceptors (Lipinski definition) is 3. The van der Waals surface area contributed by atoms with Gasteiger partial charge in [-0.15, -0.1) is 11.6 Å². The summed E-state index contributed by atoms with van der Waals surface area (Å²) in [6.45, 7) is 1.66. The fraction of sp³-hybridized carbons (Fsp3) is 0.182. The van der Waals surface area contributed by atoms with Gasteiger partial charge in [0.05, 0.1) is 16.6 Å². The highest BCUT2D eigenvalue weighted by Crippen LogP contribution is 2.33. The van der Waals surface area contributed by atoms with Crippen LogP contribution >= 0.6 is 27.5 Å². The number of rotatable bonds is 3. The van der Waals surface area contributed by atoms with Crippen LogP contribution in [0.2, 0.25) is 0 Å². The van der Waals surface area contributed by atoms with E-state index < -0.39 is 11.7 Å². The van der Waals surface area contributed by atoms with Crippen LogP contribution in [0.15, 0.2) is 53.1 Å². The van der Waals surface area contributed by atoms with Gasteiger partial charge in [-0.1, -0.05) is 28.1 Å². The quantitative estimate of drug-likeness (QED) is 0.305. The monoisotopic (exact) mass is 508 g/mol. The predicted octanol–water partition coefficient (Wildman–Crippen LogP) is 6.92. The Bertz CT molecular complexity index is 1290. The Balaban J connectivity index is 0.00000132. The molecule has 0 spiro atoms. The van der Waals surface area contributed by atoms with Gasteiger partial charge >= 0.3 is 6.18 Å². The maximum Gasteiger partial charge on any atom is 0.416 e. The Labute approximate surface area is 190 Å². The van der Waals surface area contributed by atoms with E-state index in [1.807, 2.05) is 22.6 Å². The molecule has 4 aromatic rings. The Kier molecular flexibility index (Phi) is 6.77. The van der Waals surface area contributed by atoms with E-state index >= 15 is 0 Å². The van der Waals surface area contributed by atoms with Crippen molar-refractivity contribution in [1.29, 1.82) is 5.26 Å². The summed E-state index contributed by atoms with van der Waals surface area (Å²) in [4.78, 5) is 4.59. The number of anilines is 1. The zero-order valence-electron chi connectivity index (χ0n) is 16.6. The third kappa shape index (κ3) is 4.63. The SMILES string of the molecule is CCl.Cc1c(CNc2nc3cc(C#N)cn3c3ccc(Br)cc23)cccc1C(F)(F)F. The minimum Gasteiger partial charge on any atom is -0.365 e. The van der Waals surface area contributed by atoms with Gasteiger partial charge in [0, 0.05) is 35.0 Å². The average Bonchev–Trinajstić information content (AvgIpc) is 3.16. The van der Waals surface area contributed by atoms with E-state index in [1.165, 1.54) is 19.4 Å². The van der Waals surface area contributed by atoms with Crippen LogP contribution < -0.4 is 5.32 Å². The van der Waals surface area contributed by atoms with E-state index in [-0.39, 0.29) is 12.1 Å². The standard InChI is InChI=1S/C21H14BrF3N4.CH3Cl/c1-12-14(3-2-4-17(12)21(23,24)25)10-27-20-16-8-15(22)5-6-18(16)29-11-13(9-26)7-19(29)28-20;1-2/h2-8,11H,10H2,1H3,(H,27,28);1H3. The molecule has 0 atom stereocenters. The van der Waals surface area contributed by atoms with Crippen LogP contribution in [0.25, 0.3) is 16.6 Å². The third-order valence-electron chi connectivity index (χ3n) is 4.83. The average molecular weight is 510 g/mol. The fourth-order valence-corrected chi connectivity index (χ4v) is 3.73. The Hall–Kier alpha value is -2.76. The van der Waals surface area contributed by atoms with Crippen molar-refractivity contribution in [3.63, 3.8) is 0 Å². The molecule has 0 fully saturated rings. The van der Waals surface area contributed by atoms with Gasteiger partial charge in [-0.2, -0.15) is 18.4 Å². The molecule has 0 amide bonds. The zero-order valence-corrected chi connectivity index (χ0v) is 18.9. The number of aromatic nitrogens is 2. The molecule has 2 heterocycles. The first kappa shape index (κ1) is 22.9. The number of alkyl halides is 4. The third-order valence-corrected chi connectivity index (χ3v) is 5.32. The lowest BCUT2D eigenvalue weighted by atomic mass is 10.0. The van der Waals surface area contributed by atoms with Crippen molar-refractivity contribution in [2.75, 3.05) is 11.7 Å². The molecule has 2 aromatic heterocycles. The molecule has 4 nitrogen and oxygen atoms in total. The smallest absolute Gasteiger partial charge is 0.365 e. The molecular formula is C22H17BrClF3N4. The van der Waals surface area contributed by atoms with Crippen LogP contribution in [-0.4, -0.2) is 15.8 Å². The normalized spacial score (nSPS) is 11.2. The van der Waals surface area contributed by atoms with Crippen molar-refractivity contribution in [2.24, 2.45) is 0 Å². The Morgan fingerprint density at radius 1 is 1.19 bits per heavy atom. The van der Waals surface area contributed by atoms with Gasteiger partial charge < -0.3 is 5.32 Å². The minimum atomic E-state index is -4.39. The second-order valence-electron chi connectivity index (χ2n) is 6.63. The maximum absolute atomic E-state index is 13.2. The maximum atomic E-state index is 13.2. The number of nitrogens with one attached hydrogen (secondary N) is 1. The molecule has 1 N–H and O–H groups in total. The summed E-state index contributed by atoms with van der Waals surface area (Å²) in [7, 11) is 0. The van der Waals surface area contributed by atoms with Crippen molar-refractivity contribution < 1.29 is 13.2 Å². The van der Waals surface area contributed by atoms with Crippen molar-refractivity contribution in [2.45, 2.75) is 19.6 Å².